The molecule has 1 atom stereocenters. The lowest BCUT2D eigenvalue weighted by Crippen LogP contribution is -2.55. The number of nitrogens with zero attached hydrogens (tertiary/aromatic N) is 3. The predicted molar refractivity (Wildman–Crippen MR) is 70.7 cm³/mol. The van der Waals surface area contributed by atoms with Crippen LogP contribution in [0.2, 0.25) is 0 Å². The van der Waals surface area contributed by atoms with Crippen LogP contribution < -0.4 is 4.90 Å². The van der Waals surface area contributed by atoms with Gasteiger partial charge in [-0.1, -0.05) is 13.8 Å². The van der Waals surface area contributed by atoms with E-state index in [1.165, 1.54) is 0 Å². The van der Waals surface area contributed by atoms with Crippen molar-refractivity contribution in [2.45, 2.75) is 32.7 Å². The molecule has 1 N–H and O–H groups in total. The zero-order valence-electron chi connectivity index (χ0n) is 11.1. The fourth-order valence-electron chi connectivity index (χ4n) is 2.80. The average molecular weight is 259 g/mol. The monoisotopic (exact) mass is 259 g/mol. The van der Waals surface area contributed by atoms with Crippen LogP contribution in [0.25, 0.3) is 0 Å². The Morgan fingerprint density at radius 2 is 2.37 bits per heavy atom. The highest BCUT2D eigenvalue weighted by Crippen LogP contribution is 2.38. The Kier molecular flexibility index (Phi) is 3.43. The molecule has 2 rings (SSSR count). The van der Waals surface area contributed by atoms with Gasteiger partial charge in [-0.3, -0.25) is 0 Å². The number of carboxylic acid groups (broad SMARTS) is 1. The van der Waals surface area contributed by atoms with Crippen LogP contribution in [0.3, 0.4) is 0 Å². The average Bonchev–Trinajstić information content (AvgIpc) is 2.36. The van der Waals surface area contributed by atoms with Crippen LogP contribution in [0.5, 0.6) is 0 Å². The molecule has 1 aromatic heterocycles. The third-order valence-electron chi connectivity index (χ3n) is 3.69. The Balaban J connectivity index is 2.47. The van der Waals surface area contributed by atoms with Crippen LogP contribution in [-0.2, 0) is 4.79 Å². The summed E-state index contributed by atoms with van der Waals surface area (Å²) >= 11 is 0. The largest absolute Gasteiger partial charge is 0.480 e. The predicted octanol–water partition coefficient (Wildman–Crippen LogP) is 2.03. The van der Waals surface area contributed by atoms with E-state index in [2.05, 4.69) is 11.1 Å². The summed E-state index contributed by atoms with van der Waals surface area (Å²) in [6.07, 6.45) is 3.35. The second-order valence-corrected chi connectivity index (χ2v) is 5.51. The van der Waals surface area contributed by atoms with Crippen molar-refractivity contribution in [3.05, 3.63) is 23.9 Å². The number of pyridine rings is 1. The van der Waals surface area contributed by atoms with E-state index >= 15 is 0 Å². The topological polar surface area (TPSA) is 77.2 Å². The normalized spacial score (nSPS) is 21.7. The van der Waals surface area contributed by atoms with Gasteiger partial charge in [0.2, 0.25) is 0 Å². The van der Waals surface area contributed by atoms with Gasteiger partial charge in [-0.05, 0) is 30.4 Å². The summed E-state index contributed by atoms with van der Waals surface area (Å²) < 4.78 is 0. The van der Waals surface area contributed by atoms with Crippen LogP contribution in [0.4, 0.5) is 5.82 Å². The summed E-state index contributed by atoms with van der Waals surface area (Å²) in [6, 6.07) is 4.79. The van der Waals surface area contributed by atoms with Crippen molar-refractivity contribution in [2.75, 3.05) is 11.4 Å². The number of piperidine rings is 1. The quantitative estimate of drug-likeness (QED) is 0.879. The first-order valence-electron chi connectivity index (χ1n) is 6.32. The number of aliphatic carboxylic acids is 1. The Morgan fingerprint density at radius 3 is 3.00 bits per heavy atom. The van der Waals surface area contributed by atoms with Gasteiger partial charge in [0.15, 0.2) is 0 Å². The van der Waals surface area contributed by atoms with Crippen molar-refractivity contribution >= 4 is 11.8 Å². The van der Waals surface area contributed by atoms with Crippen molar-refractivity contribution < 1.29 is 9.90 Å². The summed E-state index contributed by atoms with van der Waals surface area (Å²) in [5.74, 6) is -0.385. The van der Waals surface area contributed by atoms with Crippen LogP contribution >= 0.6 is 0 Å². The maximum absolute atomic E-state index is 11.6. The van der Waals surface area contributed by atoms with E-state index in [1.54, 1.807) is 23.2 Å². The lowest BCUT2D eigenvalue weighted by atomic mass is 9.76. The lowest BCUT2D eigenvalue weighted by molar-refractivity contribution is -0.142. The standard InChI is InChI=1S/C14H17N3O2/c1-14(2)6-4-8-17(11(14)13(18)19)12-10(9-15)5-3-7-16-12/h3,5,7,11H,4,6,8H2,1-2H3,(H,18,19). The van der Waals surface area contributed by atoms with Crippen LogP contribution in [0.1, 0.15) is 32.3 Å². The molecule has 0 aromatic carbocycles. The van der Waals surface area contributed by atoms with Crippen molar-refractivity contribution in [3.8, 4) is 6.07 Å². The molecule has 100 valence electrons. The summed E-state index contributed by atoms with van der Waals surface area (Å²) in [4.78, 5) is 17.6. The van der Waals surface area contributed by atoms with Gasteiger partial charge in [0, 0.05) is 12.7 Å². The van der Waals surface area contributed by atoms with Crippen LogP contribution in [0, 0.1) is 16.7 Å². The summed E-state index contributed by atoms with van der Waals surface area (Å²) in [6.45, 7) is 4.52. The van der Waals surface area contributed by atoms with Gasteiger partial charge in [0.25, 0.3) is 0 Å². The van der Waals surface area contributed by atoms with Gasteiger partial charge in [-0.15, -0.1) is 0 Å². The van der Waals surface area contributed by atoms with E-state index in [9.17, 15) is 9.90 Å². The van der Waals surface area contributed by atoms with E-state index in [4.69, 9.17) is 5.26 Å². The van der Waals surface area contributed by atoms with Gasteiger partial charge < -0.3 is 10.0 Å². The number of aromatic nitrogens is 1. The highest BCUT2D eigenvalue weighted by atomic mass is 16.4. The Bertz CT molecular complexity index is 534. The molecule has 19 heavy (non-hydrogen) atoms. The molecule has 0 bridgehead atoms. The third-order valence-corrected chi connectivity index (χ3v) is 3.69. The molecule has 0 aliphatic carbocycles. The van der Waals surface area contributed by atoms with E-state index in [-0.39, 0.29) is 5.41 Å². The van der Waals surface area contributed by atoms with Crippen molar-refractivity contribution in [1.82, 2.24) is 4.98 Å². The van der Waals surface area contributed by atoms with Crippen molar-refractivity contribution in [1.29, 1.82) is 5.26 Å². The molecule has 1 unspecified atom stereocenters. The fraction of sp³-hybridized carbons (Fsp3) is 0.500. The van der Waals surface area contributed by atoms with E-state index < -0.39 is 12.0 Å². The maximum Gasteiger partial charge on any atom is 0.326 e. The number of hydrogen-bond donors (Lipinski definition) is 1. The Labute approximate surface area is 112 Å². The van der Waals surface area contributed by atoms with Crippen LogP contribution in [0.15, 0.2) is 18.3 Å². The molecule has 1 aromatic rings. The molecule has 1 fully saturated rings. The zero-order chi connectivity index (χ0) is 14.0. The Hall–Kier alpha value is -2.09. The summed E-state index contributed by atoms with van der Waals surface area (Å²) in [5.41, 5.74) is 0.0837. The number of nitriles is 1. The van der Waals surface area contributed by atoms with E-state index in [1.807, 2.05) is 13.8 Å². The SMILES string of the molecule is CC1(C)CCCN(c2ncccc2C#N)C1C(=O)O. The number of hydrogen-bond acceptors (Lipinski definition) is 4. The van der Waals surface area contributed by atoms with Crippen LogP contribution in [-0.4, -0.2) is 28.6 Å². The number of anilines is 1. The second kappa shape index (κ2) is 4.88. The van der Waals surface area contributed by atoms with E-state index in [0.717, 1.165) is 12.8 Å². The molecule has 5 heteroatoms. The molecule has 0 saturated carbocycles. The molecule has 1 saturated heterocycles. The first kappa shape index (κ1) is 13.3. The van der Waals surface area contributed by atoms with Gasteiger partial charge in [0.1, 0.15) is 17.9 Å². The molecule has 5 nitrogen and oxygen atoms in total. The summed E-state index contributed by atoms with van der Waals surface area (Å²) in [5, 5.41) is 18.7. The smallest absolute Gasteiger partial charge is 0.326 e. The van der Waals surface area contributed by atoms with Crippen molar-refractivity contribution in [2.24, 2.45) is 5.41 Å². The van der Waals surface area contributed by atoms with Crippen molar-refractivity contribution in [3.63, 3.8) is 0 Å². The molecule has 0 spiro atoms. The van der Waals surface area contributed by atoms with Gasteiger partial charge in [-0.25, -0.2) is 9.78 Å². The first-order chi connectivity index (χ1) is 8.97. The minimum Gasteiger partial charge on any atom is -0.480 e. The fourth-order valence-corrected chi connectivity index (χ4v) is 2.80. The molecule has 1 aliphatic heterocycles. The van der Waals surface area contributed by atoms with Gasteiger partial charge >= 0.3 is 5.97 Å². The molecule has 2 heterocycles. The lowest BCUT2D eigenvalue weighted by Gasteiger charge is -2.44. The first-order valence-corrected chi connectivity index (χ1v) is 6.32. The third kappa shape index (κ3) is 2.39. The molecule has 0 radical (unpaired) electrons. The van der Waals surface area contributed by atoms with Gasteiger partial charge in [0.05, 0.1) is 5.56 Å². The Morgan fingerprint density at radius 1 is 1.63 bits per heavy atom. The second-order valence-electron chi connectivity index (χ2n) is 5.51. The zero-order valence-corrected chi connectivity index (χ0v) is 11.1. The minimum atomic E-state index is -0.862. The maximum atomic E-state index is 11.6. The van der Waals surface area contributed by atoms with E-state index in [0.29, 0.717) is 17.9 Å². The molecule has 0 amide bonds. The number of rotatable bonds is 2. The highest BCUT2D eigenvalue weighted by molar-refractivity contribution is 5.80. The highest BCUT2D eigenvalue weighted by Gasteiger charge is 2.43. The number of carbonyl (C=O) groups is 1. The molecular weight excluding hydrogens is 242 g/mol. The molecular formula is C14H17N3O2. The summed E-state index contributed by atoms with van der Waals surface area (Å²) in [7, 11) is 0. The van der Waals surface area contributed by atoms with Gasteiger partial charge in [-0.2, -0.15) is 5.26 Å². The minimum absolute atomic E-state index is 0.339. The molecule has 1 aliphatic rings. The number of carboxylic acids is 1.